The number of nitro groups is 2. The van der Waals surface area contributed by atoms with Crippen molar-refractivity contribution in [2.45, 2.75) is 0 Å². The number of benzene rings is 2. The number of aromatic nitrogens is 1. The molecule has 0 bridgehead atoms. The van der Waals surface area contributed by atoms with Gasteiger partial charge in [0.1, 0.15) is 6.07 Å². The zero-order chi connectivity index (χ0) is 17.8. The van der Waals surface area contributed by atoms with E-state index < -0.39 is 21.4 Å². The molecule has 0 saturated carbocycles. The first-order valence-corrected chi connectivity index (χ1v) is 7.27. The van der Waals surface area contributed by atoms with Crippen LogP contribution in [0.25, 0.3) is 0 Å². The minimum atomic E-state index is -0.745. The highest BCUT2D eigenvalue weighted by Crippen LogP contribution is 2.35. The molecule has 0 N–H and O–H groups in total. The molecule has 0 aliphatic carbocycles. The van der Waals surface area contributed by atoms with Crippen molar-refractivity contribution in [1.82, 2.24) is 4.98 Å². The van der Waals surface area contributed by atoms with Crippen LogP contribution in [-0.4, -0.2) is 14.8 Å². The average molecular weight is 336 g/mol. The van der Waals surface area contributed by atoms with Crippen molar-refractivity contribution in [2.75, 3.05) is 4.90 Å². The van der Waals surface area contributed by atoms with Gasteiger partial charge in [-0.2, -0.15) is 0 Å². The van der Waals surface area contributed by atoms with E-state index in [1.165, 1.54) is 6.07 Å². The lowest BCUT2D eigenvalue weighted by Crippen LogP contribution is -2.12. The largest absolute Gasteiger partial charge is 0.372 e. The third kappa shape index (κ3) is 3.42. The molecule has 3 rings (SSSR count). The van der Waals surface area contributed by atoms with Crippen LogP contribution in [0.4, 0.5) is 28.7 Å². The summed E-state index contributed by atoms with van der Waals surface area (Å²) in [7, 11) is 0. The van der Waals surface area contributed by atoms with Gasteiger partial charge in [-0.25, -0.2) is 0 Å². The second-order valence-corrected chi connectivity index (χ2v) is 5.06. The second kappa shape index (κ2) is 6.75. The second-order valence-electron chi connectivity index (χ2n) is 5.06. The third-order valence-corrected chi connectivity index (χ3v) is 3.44. The van der Waals surface area contributed by atoms with Crippen LogP contribution in [0.5, 0.6) is 0 Å². The van der Waals surface area contributed by atoms with E-state index in [-0.39, 0.29) is 5.82 Å². The number of pyridine rings is 1. The van der Waals surface area contributed by atoms with Crippen molar-refractivity contribution >= 4 is 28.7 Å². The fourth-order valence-corrected chi connectivity index (χ4v) is 2.37. The molecule has 0 atom stereocenters. The Bertz CT molecular complexity index is 845. The number of anilines is 3. The number of hydrogen-bond acceptors (Lipinski definition) is 6. The molecule has 0 amide bonds. The highest BCUT2D eigenvalue weighted by molar-refractivity contribution is 5.75. The molecule has 0 aliphatic heterocycles. The van der Waals surface area contributed by atoms with Gasteiger partial charge in [0, 0.05) is 11.4 Å². The van der Waals surface area contributed by atoms with Crippen LogP contribution in [0, 0.1) is 20.2 Å². The van der Waals surface area contributed by atoms with E-state index in [0.717, 1.165) is 6.07 Å². The molecule has 3 aromatic rings. The maximum Gasteiger partial charge on any atom is 0.372 e. The van der Waals surface area contributed by atoms with Crippen molar-refractivity contribution in [3.8, 4) is 0 Å². The van der Waals surface area contributed by atoms with Crippen LogP contribution in [0.3, 0.4) is 0 Å². The van der Waals surface area contributed by atoms with Crippen LogP contribution in [0.15, 0.2) is 72.8 Å². The molecule has 0 spiro atoms. The van der Waals surface area contributed by atoms with E-state index in [4.69, 9.17) is 0 Å². The minimum absolute atomic E-state index is 0.0956. The zero-order valence-electron chi connectivity index (χ0n) is 12.9. The van der Waals surface area contributed by atoms with E-state index in [0.29, 0.717) is 11.4 Å². The molecule has 8 heteroatoms. The van der Waals surface area contributed by atoms with Crippen molar-refractivity contribution < 1.29 is 9.85 Å². The monoisotopic (exact) mass is 336 g/mol. The van der Waals surface area contributed by atoms with E-state index in [9.17, 15) is 20.2 Å². The lowest BCUT2D eigenvalue weighted by Gasteiger charge is -2.21. The van der Waals surface area contributed by atoms with Gasteiger partial charge in [-0.15, -0.1) is 0 Å². The van der Waals surface area contributed by atoms with Gasteiger partial charge in [0.2, 0.25) is 0 Å². The molecule has 0 aliphatic rings. The molecule has 2 aromatic carbocycles. The van der Waals surface area contributed by atoms with Crippen molar-refractivity contribution in [2.24, 2.45) is 0 Å². The van der Waals surface area contributed by atoms with Gasteiger partial charge in [0.25, 0.3) is 11.5 Å². The van der Waals surface area contributed by atoms with E-state index in [1.807, 2.05) is 12.1 Å². The smallest absolute Gasteiger partial charge is 0.358 e. The summed E-state index contributed by atoms with van der Waals surface area (Å²) in [6.07, 6.45) is 0. The molecule has 8 nitrogen and oxygen atoms in total. The quantitative estimate of drug-likeness (QED) is 0.506. The van der Waals surface area contributed by atoms with Crippen LogP contribution in [0.1, 0.15) is 0 Å². The van der Waals surface area contributed by atoms with Crippen molar-refractivity contribution in [1.29, 1.82) is 0 Å². The lowest BCUT2D eigenvalue weighted by molar-refractivity contribution is -0.397. The Labute approximate surface area is 142 Å². The highest BCUT2D eigenvalue weighted by atomic mass is 16.6. The van der Waals surface area contributed by atoms with Gasteiger partial charge in [-0.1, -0.05) is 36.4 Å². The average Bonchev–Trinajstić information content (AvgIpc) is 2.63. The summed E-state index contributed by atoms with van der Waals surface area (Å²) in [4.78, 5) is 26.5. The molecule has 0 saturated heterocycles. The predicted molar refractivity (Wildman–Crippen MR) is 92.2 cm³/mol. The first-order chi connectivity index (χ1) is 12.1. The fraction of sp³-hybridized carbons (Fsp3) is 0. The van der Waals surface area contributed by atoms with Gasteiger partial charge in [-0.05, 0) is 34.2 Å². The zero-order valence-corrected chi connectivity index (χ0v) is 12.9. The molecule has 25 heavy (non-hydrogen) atoms. The Morgan fingerprint density at radius 1 is 0.760 bits per heavy atom. The van der Waals surface area contributed by atoms with Gasteiger partial charge in [0.15, 0.2) is 0 Å². The minimum Gasteiger partial charge on any atom is -0.358 e. The maximum absolute atomic E-state index is 11.2. The molecule has 124 valence electrons. The SMILES string of the molecule is O=[N+]([O-])c1cc(N(c2ccccc2)c2ccccc2)nc([N+](=O)[O-])c1. The number of para-hydroxylation sites is 2. The first-order valence-electron chi connectivity index (χ1n) is 7.27. The Hall–Kier alpha value is -3.81. The first kappa shape index (κ1) is 16.1. The van der Waals surface area contributed by atoms with Crippen molar-refractivity contribution in [3.05, 3.63) is 93.0 Å². The summed E-state index contributed by atoms with van der Waals surface area (Å²) in [6.45, 7) is 0. The Kier molecular flexibility index (Phi) is 4.34. The van der Waals surface area contributed by atoms with Crippen molar-refractivity contribution in [3.63, 3.8) is 0 Å². The van der Waals surface area contributed by atoms with Crippen LogP contribution >= 0.6 is 0 Å². The molecular weight excluding hydrogens is 324 g/mol. The number of nitrogens with zero attached hydrogens (tertiary/aromatic N) is 4. The standard InChI is InChI=1S/C17H12N4O4/c22-20(23)15-11-16(18-17(12-15)21(24)25)19(13-7-3-1-4-8-13)14-9-5-2-6-10-14/h1-12H. The van der Waals surface area contributed by atoms with Gasteiger partial charge >= 0.3 is 5.82 Å². The lowest BCUT2D eigenvalue weighted by atomic mass is 10.2. The van der Waals surface area contributed by atoms with E-state index >= 15 is 0 Å². The van der Waals surface area contributed by atoms with Gasteiger partial charge in [0.05, 0.1) is 11.0 Å². The fourth-order valence-electron chi connectivity index (χ4n) is 2.37. The number of rotatable bonds is 5. The van der Waals surface area contributed by atoms with E-state index in [1.54, 1.807) is 53.4 Å². The molecular formula is C17H12N4O4. The van der Waals surface area contributed by atoms with Crippen LogP contribution in [0.2, 0.25) is 0 Å². The van der Waals surface area contributed by atoms with E-state index in [2.05, 4.69) is 4.98 Å². The highest BCUT2D eigenvalue weighted by Gasteiger charge is 2.25. The molecule has 0 unspecified atom stereocenters. The predicted octanol–water partition coefficient (Wildman–Crippen LogP) is 4.37. The van der Waals surface area contributed by atoms with Gasteiger partial charge < -0.3 is 10.1 Å². The Morgan fingerprint density at radius 3 is 1.72 bits per heavy atom. The van der Waals surface area contributed by atoms with Crippen LogP contribution in [-0.2, 0) is 0 Å². The Morgan fingerprint density at radius 2 is 1.28 bits per heavy atom. The summed E-state index contributed by atoms with van der Waals surface area (Å²) in [5.41, 5.74) is 0.959. The summed E-state index contributed by atoms with van der Waals surface area (Å²) < 4.78 is 0. The molecule has 0 radical (unpaired) electrons. The summed E-state index contributed by atoms with van der Waals surface area (Å²) in [5.74, 6) is -0.487. The summed E-state index contributed by atoms with van der Waals surface area (Å²) in [5, 5.41) is 22.3. The van der Waals surface area contributed by atoms with Gasteiger partial charge in [-0.3, -0.25) is 15.0 Å². The summed E-state index contributed by atoms with van der Waals surface area (Å²) in [6, 6.07) is 20.1. The number of hydrogen-bond donors (Lipinski definition) is 0. The normalized spacial score (nSPS) is 10.2. The molecule has 1 heterocycles. The topological polar surface area (TPSA) is 102 Å². The summed E-state index contributed by atoms with van der Waals surface area (Å²) >= 11 is 0. The Balaban J connectivity index is 2.23. The molecule has 0 fully saturated rings. The third-order valence-electron chi connectivity index (χ3n) is 3.44. The van der Waals surface area contributed by atoms with Crippen LogP contribution < -0.4 is 4.90 Å². The molecule has 1 aromatic heterocycles. The maximum atomic E-state index is 11.2.